The number of nitrogens with zero attached hydrogens (tertiary/aromatic N) is 2. The fourth-order valence-corrected chi connectivity index (χ4v) is 6.15. The van der Waals surface area contributed by atoms with Gasteiger partial charge < -0.3 is 22.4 Å². The van der Waals surface area contributed by atoms with Gasteiger partial charge in [-0.1, -0.05) is 126 Å². The number of hydrogen-bond donors (Lipinski definition) is 0. The van der Waals surface area contributed by atoms with E-state index in [1.54, 1.807) is 0 Å². The molecule has 0 aliphatic carbocycles. The predicted octanol–water partition coefficient (Wildman–Crippen LogP) is 8.82. The average molecular weight is 617 g/mol. The van der Waals surface area contributed by atoms with Gasteiger partial charge in [-0.05, 0) is 25.7 Å². The first-order chi connectivity index (χ1) is 20.7. The van der Waals surface area contributed by atoms with Crippen molar-refractivity contribution in [1.29, 1.82) is 0 Å². The smallest absolute Gasteiger partial charge is 0.148 e. The molecule has 44 heavy (non-hydrogen) atoms. The van der Waals surface area contributed by atoms with Crippen molar-refractivity contribution in [3.8, 4) is 0 Å². The van der Waals surface area contributed by atoms with E-state index in [0.717, 1.165) is 0 Å². The summed E-state index contributed by atoms with van der Waals surface area (Å²) in [4.78, 5) is 0. The minimum Gasteiger partial charge on any atom is -1.00 e. The van der Waals surface area contributed by atoms with Crippen LogP contribution in [0.3, 0.4) is 0 Å². The van der Waals surface area contributed by atoms with Crippen molar-refractivity contribution in [2.75, 3.05) is 26.2 Å². The summed E-state index contributed by atoms with van der Waals surface area (Å²) in [5.74, 6) is 0. The fourth-order valence-electron chi connectivity index (χ4n) is 6.15. The molecule has 0 saturated heterocycles. The number of rotatable bonds is 16. The Labute approximate surface area is 275 Å². The van der Waals surface area contributed by atoms with Gasteiger partial charge in [-0.2, -0.15) is 4.48 Å². The summed E-state index contributed by atoms with van der Waals surface area (Å²) < 4.78 is 1.98. The first-order valence-electron chi connectivity index (χ1n) is 16.6. The van der Waals surface area contributed by atoms with Gasteiger partial charge in [0.25, 0.3) is 0 Å². The van der Waals surface area contributed by atoms with Crippen LogP contribution in [0.15, 0.2) is 121 Å². The molecular formula is C40H57ClN2O. The summed E-state index contributed by atoms with van der Waals surface area (Å²) >= 11 is 0. The van der Waals surface area contributed by atoms with Crippen molar-refractivity contribution < 1.29 is 22.4 Å². The summed E-state index contributed by atoms with van der Waals surface area (Å²) in [5.41, 5.74) is 4.86. The molecule has 0 aliphatic rings. The van der Waals surface area contributed by atoms with Crippen LogP contribution in [-0.2, 0) is 0 Å². The second kappa shape index (κ2) is 21.7. The van der Waals surface area contributed by atoms with Crippen molar-refractivity contribution in [3.05, 3.63) is 121 Å². The largest absolute Gasteiger partial charge is 1.00 e. The average Bonchev–Trinajstić information content (AvgIpc) is 3.07. The summed E-state index contributed by atoms with van der Waals surface area (Å²) in [5, 5.41) is 0. The molecular weight excluding hydrogens is 560 g/mol. The lowest BCUT2D eigenvalue weighted by molar-refractivity contribution is -0.929. The molecule has 0 aliphatic heterocycles. The van der Waals surface area contributed by atoms with Gasteiger partial charge in [0, 0.05) is 48.5 Å². The van der Waals surface area contributed by atoms with Gasteiger partial charge in [0.1, 0.15) is 22.7 Å². The van der Waals surface area contributed by atoms with Crippen LogP contribution in [0.2, 0.25) is 0 Å². The third kappa shape index (κ3) is 10.6. The molecule has 0 atom stereocenters. The van der Waals surface area contributed by atoms with Gasteiger partial charge in [-0.15, -0.1) is 0 Å². The van der Waals surface area contributed by atoms with E-state index < -0.39 is 0 Å². The molecule has 240 valence electrons. The van der Waals surface area contributed by atoms with Crippen LogP contribution < -0.4 is 16.9 Å². The molecule has 4 aromatic rings. The van der Waals surface area contributed by atoms with E-state index >= 15 is 0 Å². The van der Waals surface area contributed by atoms with Crippen molar-refractivity contribution in [3.63, 3.8) is 0 Å². The van der Waals surface area contributed by atoms with E-state index in [0.29, 0.717) is 4.48 Å². The lowest BCUT2D eigenvalue weighted by atomic mass is 10.1. The molecule has 0 fully saturated rings. The van der Waals surface area contributed by atoms with Crippen LogP contribution in [0.25, 0.3) is 0 Å². The van der Waals surface area contributed by atoms with E-state index in [4.69, 9.17) is 0 Å². The summed E-state index contributed by atoms with van der Waals surface area (Å²) in [6, 6.07) is 42.8. The molecule has 0 bridgehead atoms. The van der Waals surface area contributed by atoms with Crippen LogP contribution in [-0.4, -0.2) is 36.1 Å². The molecule has 0 heterocycles. The van der Waals surface area contributed by atoms with Crippen LogP contribution in [0.4, 0.5) is 22.7 Å². The standard InChI is InChI=1S/C24H20N.C16H36N.ClH.H2O/c1-5-13-21(14-6-1)25(22-15-7-2-8-16-22,23-17-9-3-10-18-23)24-19-11-4-12-20-24;1-5-9-13-17(14-10-6-2,15-11-7-3)16-12-8-4;;/h1-20H;5-16H2,1-4H3;1H;1H2/q2*+1;;/p-2. The zero-order chi connectivity index (χ0) is 29.9. The number of quaternary nitrogens is 2. The van der Waals surface area contributed by atoms with E-state index in [-0.39, 0.29) is 17.9 Å². The van der Waals surface area contributed by atoms with Gasteiger partial charge in [0.2, 0.25) is 0 Å². The van der Waals surface area contributed by atoms with Crippen LogP contribution in [0.5, 0.6) is 0 Å². The maximum absolute atomic E-state index is 2.33. The molecule has 0 amide bonds. The molecule has 4 heteroatoms. The maximum Gasteiger partial charge on any atom is 0.148 e. The lowest BCUT2D eigenvalue weighted by Gasteiger charge is -2.39. The third-order valence-corrected chi connectivity index (χ3v) is 8.52. The van der Waals surface area contributed by atoms with E-state index in [2.05, 4.69) is 149 Å². The Morgan fingerprint density at radius 1 is 0.364 bits per heavy atom. The Kier molecular flexibility index (Phi) is 19.3. The van der Waals surface area contributed by atoms with Gasteiger partial charge in [0.15, 0.2) is 0 Å². The van der Waals surface area contributed by atoms with Gasteiger partial charge >= 0.3 is 0 Å². The van der Waals surface area contributed by atoms with Gasteiger partial charge in [0.05, 0.1) is 26.2 Å². The Balaban J connectivity index is 0.000000455. The molecule has 0 radical (unpaired) electrons. The minimum atomic E-state index is 0. The van der Waals surface area contributed by atoms with Crippen LogP contribution >= 0.6 is 0 Å². The van der Waals surface area contributed by atoms with Crippen LogP contribution in [0, 0.1) is 0 Å². The van der Waals surface area contributed by atoms with Crippen molar-refractivity contribution in [2.45, 2.75) is 79.1 Å². The quantitative estimate of drug-likeness (QED) is 0.116. The van der Waals surface area contributed by atoms with E-state index in [9.17, 15) is 0 Å². The molecule has 4 rings (SSSR count). The van der Waals surface area contributed by atoms with Gasteiger partial charge in [-0.3, -0.25) is 0 Å². The Hall–Kier alpha value is -2.95. The first-order valence-corrected chi connectivity index (χ1v) is 16.6. The van der Waals surface area contributed by atoms with Crippen molar-refractivity contribution in [1.82, 2.24) is 4.48 Å². The SMILES string of the molecule is CCCC[N+](CCCC)(CCCC)CCCC.[Cl-].[OH-].c1ccc([N+](c2ccccc2)(c2ccccc2)c2ccccc2)cc1. The fraction of sp³-hybridized carbons (Fsp3) is 0.400. The topological polar surface area (TPSA) is 30.0 Å². The summed E-state index contributed by atoms with van der Waals surface area (Å²) in [6.07, 6.45) is 11.1. The highest BCUT2D eigenvalue weighted by Crippen LogP contribution is 2.50. The monoisotopic (exact) mass is 616 g/mol. The normalized spacial score (nSPS) is 11.0. The summed E-state index contributed by atoms with van der Waals surface area (Å²) in [7, 11) is 0. The highest BCUT2D eigenvalue weighted by atomic mass is 35.5. The zero-order valence-electron chi connectivity index (χ0n) is 27.8. The van der Waals surface area contributed by atoms with E-state index in [1.807, 2.05) is 0 Å². The lowest BCUT2D eigenvalue weighted by Crippen LogP contribution is -3.00. The Morgan fingerprint density at radius 3 is 0.750 bits per heavy atom. The number of hydrogen-bond acceptors (Lipinski definition) is 1. The molecule has 0 saturated carbocycles. The highest BCUT2D eigenvalue weighted by molar-refractivity contribution is 5.81. The van der Waals surface area contributed by atoms with Crippen molar-refractivity contribution in [2.24, 2.45) is 0 Å². The number of unbranched alkanes of at least 4 members (excludes halogenated alkanes) is 4. The van der Waals surface area contributed by atoms with Crippen molar-refractivity contribution >= 4 is 22.7 Å². The highest BCUT2D eigenvalue weighted by Gasteiger charge is 2.38. The second-order valence-corrected chi connectivity index (χ2v) is 11.7. The first kappa shape index (κ1) is 39.1. The molecule has 1 N–H and O–H groups in total. The van der Waals surface area contributed by atoms with E-state index in [1.165, 1.54) is 105 Å². The predicted molar refractivity (Wildman–Crippen MR) is 188 cm³/mol. The Morgan fingerprint density at radius 2 is 0.568 bits per heavy atom. The zero-order valence-corrected chi connectivity index (χ0v) is 28.5. The molecule has 0 aromatic heterocycles. The summed E-state index contributed by atoms with van der Waals surface area (Å²) in [6.45, 7) is 15.0. The third-order valence-electron chi connectivity index (χ3n) is 8.52. The molecule has 0 unspecified atom stereocenters. The maximum atomic E-state index is 2.33. The second-order valence-electron chi connectivity index (χ2n) is 11.7. The molecule has 4 aromatic carbocycles. The Bertz CT molecular complexity index is 1020. The van der Waals surface area contributed by atoms with Gasteiger partial charge in [-0.25, -0.2) is 0 Å². The molecule has 3 nitrogen and oxygen atoms in total. The van der Waals surface area contributed by atoms with Crippen LogP contribution in [0.1, 0.15) is 79.1 Å². The number of para-hydroxylation sites is 4. The number of benzene rings is 4. The number of halogens is 1. The molecule has 0 spiro atoms. The minimum absolute atomic E-state index is 0.